The van der Waals surface area contributed by atoms with Gasteiger partial charge >= 0.3 is 5.97 Å². The van der Waals surface area contributed by atoms with Crippen molar-refractivity contribution in [3.63, 3.8) is 0 Å². The Morgan fingerprint density at radius 2 is 2.00 bits per heavy atom. The standard InChI is InChI=1S/C18H25NO4/c1-12-7-4-5-10-16(12)19-17(20)13(2)23-18(21)14-8-6-9-15(11-14)22-3/h6,8-9,11-13,16H,4-5,7,10H2,1-3H3,(H,19,20)/t12-,13-,16+/m1/s1. The van der Waals surface area contributed by atoms with E-state index in [2.05, 4.69) is 12.2 Å². The van der Waals surface area contributed by atoms with Crippen molar-refractivity contribution in [1.82, 2.24) is 5.32 Å². The van der Waals surface area contributed by atoms with Crippen molar-refractivity contribution in [1.29, 1.82) is 0 Å². The monoisotopic (exact) mass is 319 g/mol. The second-order valence-corrected chi connectivity index (χ2v) is 6.16. The summed E-state index contributed by atoms with van der Waals surface area (Å²) in [6.07, 6.45) is 3.65. The summed E-state index contributed by atoms with van der Waals surface area (Å²) in [7, 11) is 1.53. The zero-order valence-electron chi connectivity index (χ0n) is 14.0. The predicted molar refractivity (Wildman–Crippen MR) is 87.4 cm³/mol. The molecule has 0 saturated heterocycles. The third kappa shape index (κ3) is 4.71. The molecular weight excluding hydrogens is 294 g/mol. The van der Waals surface area contributed by atoms with Gasteiger partial charge in [-0.3, -0.25) is 4.79 Å². The Morgan fingerprint density at radius 1 is 1.26 bits per heavy atom. The van der Waals surface area contributed by atoms with Gasteiger partial charge in [-0.2, -0.15) is 0 Å². The second kappa shape index (κ2) is 7.99. The molecule has 0 bridgehead atoms. The van der Waals surface area contributed by atoms with Gasteiger partial charge in [0.05, 0.1) is 12.7 Å². The fourth-order valence-electron chi connectivity index (χ4n) is 2.86. The molecule has 126 valence electrons. The summed E-state index contributed by atoms with van der Waals surface area (Å²) in [5, 5.41) is 3.01. The van der Waals surface area contributed by atoms with Crippen molar-refractivity contribution < 1.29 is 19.1 Å². The summed E-state index contributed by atoms with van der Waals surface area (Å²) in [6, 6.07) is 6.87. The quantitative estimate of drug-likeness (QED) is 0.848. The van der Waals surface area contributed by atoms with Gasteiger partial charge in [0.15, 0.2) is 6.10 Å². The topological polar surface area (TPSA) is 64.6 Å². The van der Waals surface area contributed by atoms with E-state index in [1.807, 2.05) is 0 Å². The smallest absolute Gasteiger partial charge is 0.339 e. The van der Waals surface area contributed by atoms with E-state index >= 15 is 0 Å². The number of methoxy groups -OCH3 is 1. The van der Waals surface area contributed by atoms with E-state index in [1.54, 1.807) is 31.2 Å². The molecule has 3 atom stereocenters. The average molecular weight is 319 g/mol. The molecule has 1 fully saturated rings. The highest BCUT2D eigenvalue weighted by Crippen LogP contribution is 2.23. The highest BCUT2D eigenvalue weighted by Gasteiger charge is 2.26. The second-order valence-electron chi connectivity index (χ2n) is 6.16. The van der Waals surface area contributed by atoms with Crippen LogP contribution >= 0.6 is 0 Å². The number of carbonyl (C=O) groups is 2. The van der Waals surface area contributed by atoms with E-state index in [0.29, 0.717) is 17.2 Å². The molecule has 0 aliphatic heterocycles. The number of hydrogen-bond donors (Lipinski definition) is 1. The van der Waals surface area contributed by atoms with Crippen LogP contribution in [0.2, 0.25) is 0 Å². The molecule has 0 spiro atoms. The molecule has 1 aromatic carbocycles. The summed E-state index contributed by atoms with van der Waals surface area (Å²) in [6.45, 7) is 3.75. The molecule has 1 N–H and O–H groups in total. The maximum Gasteiger partial charge on any atom is 0.339 e. The highest BCUT2D eigenvalue weighted by molar-refractivity contribution is 5.92. The first-order chi connectivity index (χ1) is 11.0. The van der Waals surface area contributed by atoms with E-state index in [9.17, 15) is 9.59 Å². The maximum atomic E-state index is 12.2. The molecule has 5 nitrogen and oxygen atoms in total. The van der Waals surface area contributed by atoms with Gasteiger partial charge in [0.1, 0.15) is 5.75 Å². The number of benzene rings is 1. The van der Waals surface area contributed by atoms with Crippen LogP contribution in [-0.4, -0.2) is 31.1 Å². The van der Waals surface area contributed by atoms with Crippen LogP contribution in [0.5, 0.6) is 5.75 Å². The number of amides is 1. The van der Waals surface area contributed by atoms with Gasteiger partial charge in [0.25, 0.3) is 5.91 Å². The van der Waals surface area contributed by atoms with Gasteiger partial charge in [-0.15, -0.1) is 0 Å². The Kier molecular flexibility index (Phi) is 6.02. The molecule has 1 aliphatic carbocycles. The Morgan fingerprint density at radius 3 is 2.70 bits per heavy atom. The lowest BCUT2D eigenvalue weighted by Gasteiger charge is -2.30. The molecule has 0 aromatic heterocycles. The van der Waals surface area contributed by atoms with Crippen molar-refractivity contribution in [2.75, 3.05) is 7.11 Å². The summed E-state index contributed by atoms with van der Waals surface area (Å²) in [5.74, 6) is 0.282. The minimum atomic E-state index is -0.817. The molecule has 2 rings (SSSR count). The van der Waals surface area contributed by atoms with Crippen molar-refractivity contribution in [3.8, 4) is 5.75 Å². The molecule has 1 saturated carbocycles. The van der Waals surface area contributed by atoms with Crippen LogP contribution in [0.3, 0.4) is 0 Å². The van der Waals surface area contributed by atoms with Crippen molar-refractivity contribution in [3.05, 3.63) is 29.8 Å². The number of hydrogen-bond acceptors (Lipinski definition) is 4. The molecule has 0 radical (unpaired) electrons. The zero-order chi connectivity index (χ0) is 16.8. The highest BCUT2D eigenvalue weighted by atomic mass is 16.5. The van der Waals surface area contributed by atoms with Crippen LogP contribution in [0.15, 0.2) is 24.3 Å². The van der Waals surface area contributed by atoms with E-state index in [0.717, 1.165) is 19.3 Å². The predicted octanol–water partition coefficient (Wildman–Crippen LogP) is 2.94. The van der Waals surface area contributed by atoms with Crippen LogP contribution in [0.25, 0.3) is 0 Å². The van der Waals surface area contributed by atoms with Gasteiger partial charge in [0.2, 0.25) is 0 Å². The van der Waals surface area contributed by atoms with E-state index in [4.69, 9.17) is 9.47 Å². The van der Waals surface area contributed by atoms with Gasteiger partial charge < -0.3 is 14.8 Å². The van der Waals surface area contributed by atoms with Crippen LogP contribution in [0.4, 0.5) is 0 Å². The first-order valence-electron chi connectivity index (χ1n) is 8.16. The number of ether oxygens (including phenoxy) is 2. The minimum Gasteiger partial charge on any atom is -0.497 e. The molecule has 1 aliphatic rings. The third-order valence-corrected chi connectivity index (χ3v) is 4.40. The Hall–Kier alpha value is -2.04. The maximum absolute atomic E-state index is 12.2. The van der Waals surface area contributed by atoms with Gasteiger partial charge in [0, 0.05) is 6.04 Å². The Labute approximate surface area is 137 Å². The average Bonchev–Trinajstić information content (AvgIpc) is 2.56. The molecule has 23 heavy (non-hydrogen) atoms. The van der Waals surface area contributed by atoms with Crippen molar-refractivity contribution in [2.45, 2.75) is 51.7 Å². The number of rotatable bonds is 5. The summed E-state index contributed by atoms with van der Waals surface area (Å²) in [5.41, 5.74) is 0.370. The lowest BCUT2D eigenvalue weighted by molar-refractivity contribution is -0.130. The van der Waals surface area contributed by atoms with E-state index in [1.165, 1.54) is 13.5 Å². The lowest BCUT2D eigenvalue weighted by Crippen LogP contribution is -2.45. The largest absolute Gasteiger partial charge is 0.497 e. The van der Waals surface area contributed by atoms with Crippen LogP contribution in [-0.2, 0) is 9.53 Å². The normalized spacial score (nSPS) is 22.0. The van der Waals surface area contributed by atoms with Gasteiger partial charge in [-0.25, -0.2) is 4.79 Å². The molecule has 0 heterocycles. The molecule has 1 amide bonds. The zero-order valence-corrected chi connectivity index (χ0v) is 14.0. The molecular formula is C18H25NO4. The van der Waals surface area contributed by atoms with Crippen LogP contribution in [0.1, 0.15) is 49.9 Å². The van der Waals surface area contributed by atoms with Crippen LogP contribution < -0.4 is 10.1 Å². The fraction of sp³-hybridized carbons (Fsp3) is 0.556. The molecule has 5 heteroatoms. The summed E-state index contributed by atoms with van der Waals surface area (Å²) in [4.78, 5) is 24.4. The lowest BCUT2D eigenvalue weighted by atomic mass is 9.86. The first-order valence-corrected chi connectivity index (χ1v) is 8.16. The fourth-order valence-corrected chi connectivity index (χ4v) is 2.86. The SMILES string of the molecule is COc1cccc(C(=O)O[C@H](C)C(=O)N[C@H]2CCCC[C@H]2C)c1. The summed E-state index contributed by atoms with van der Waals surface area (Å²) >= 11 is 0. The van der Waals surface area contributed by atoms with Crippen molar-refractivity contribution >= 4 is 11.9 Å². The van der Waals surface area contributed by atoms with Crippen LogP contribution in [0, 0.1) is 5.92 Å². The van der Waals surface area contributed by atoms with E-state index in [-0.39, 0.29) is 11.9 Å². The van der Waals surface area contributed by atoms with Gasteiger partial charge in [-0.1, -0.05) is 25.8 Å². The Bertz CT molecular complexity index is 558. The number of nitrogens with one attached hydrogen (secondary N) is 1. The minimum absolute atomic E-state index is 0.175. The number of esters is 1. The number of carbonyl (C=O) groups excluding carboxylic acids is 2. The summed E-state index contributed by atoms with van der Waals surface area (Å²) < 4.78 is 10.4. The first kappa shape index (κ1) is 17.3. The molecule has 1 aromatic rings. The Balaban J connectivity index is 1.90. The molecule has 0 unspecified atom stereocenters. The third-order valence-electron chi connectivity index (χ3n) is 4.40. The van der Waals surface area contributed by atoms with Gasteiger partial charge in [-0.05, 0) is 43.9 Å². The van der Waals surface area contributed by atoms with E-state index < -0.39 is 12.1 Å². The van der Waals surface area contributed by atoms with Crippen molar-refractivity contribution in [2.24, 2.45) is 5.92 Å².